The molecule has 1 aliphatic heterocycles. The third-order valence-electron chi connectivity index (χ3n) is 2.37. The second-order valence-electron chi connectivity index (χ2n) is 3.55. The molecule has 0 saturated carbocycles. The van der Waals surface area contributed by atoms with Gasteiger partial charge < -0.3 is 10.0 Å². The first-order chi connectivity index (χ1) is 7.15. The molecule has 1 rings (SSSR count). The fraction of sp³-hybridized carbons (Fsp3) is 0.455. The van der Waals surface area contributed by atoms with Crippen LogP contribution in [0.1, 0.15) is 26.2 Å². The molecule has 1 heterocycles. The van der Waals surface area contributed by atoms with Gasteiger partial charge in [0.2, 0.25) is 6.41 Å². The molecule has 1 amide bonds. The van der Waals surface area contributed by atoms with Crippen LogP contribution in [-0.4, -0.2) is 28.9 Å². The van der Waals surface area contributed by atoms with Gasteiger partial charge in [-0.3, -0.25) is 4.79 Å². The lowest BCUT2D eigenvalue weighted by molar-refractivity contribution is -0.131. The highest BCUT2D eigenvalue weighted by molar-refractivity contribution is 5.81. The smallest absolute Gasteiger partial charge is 0.328 e. The lowest BCUT2D eigenvalue weighted by Gasteiger charge is -2.19. The van der Waals surface area contributed by atoms with Crippen LogP contribution in [0, 0.1) is 0 Å². The van der Waals surface area contributed by atoms with E-state index in [4.69, 9.17) is 5.11 Å². The van der Waals surface area contributed by atoms with E-state index in [0.29, 0.717) is 12.1 Å². The second kappa shape index (κ2) is 5.34. The molecule has 0 saturated heterocycles. The van der Waals surface area contributed by atoms with Crippen molar-refractivity contribution < 1.29 is 14.7 Å². The Hall–Kier alpha value is -1.58. The van der Waals surface area contributed by atoms with Crippen LogP contribution in [0.5, 0.6) is 0 Å². The van der Waals surface area contributed by atoms with Gasteiger partial charge in [-0.25, -0.2) is 4.79 Å². The number of hydrogen-bond donors (Lipinski definition) is 1. The molecule has 1 N–H and O–H groups in total. The predicted molar refractivity (Wildman–Crippen MR) is 56.1 cm³/mol. The molecule has 0 spiro atoms. The zero-order valence-electron chi connectivity index (χ0n) is 8.77. The maximum absolute atomic E-state index is 10.8. The van der Waals surface area contributed by atoms with E-state index >= 15 is 0 Å². The van der Waals surface area contributed by atoms with Crippen molar-refractivity contribution in [3.63, 3.8) is 0 Å². The second-order valence-corrected chi connectivity index (χ2v) is 3.55. The number of hydrogen-bond acceptors (Lipinski definition) is 2. The molecule has 4 heteroatoms. The summed E-state index contributed by atoms with van der Waals surface area (Å²) in [6.07, 6.45) is 6.71. The number of nitrogens with zero attached hydrogens (tertiary/aromatic N) is 1. The first-order valence-electron chi connectivity index (χ1n) is 4.99. The number of carbonyl (C=O) groups is 2. The number of amides is 1. The van der Waals surface area contributed by atoms with Gasteiger partial charge in [-0.05, 0) is 31.8 Å². The van der Waals surface area contributed by atoms with E-state index in [1.807, 2.05) is 6.08 Å². The van der Waals surface area contributed by atoms with Crippen molar-refractivity contribution in [2.75, 3.05) is 6.54 Å². The number of carboxylic acids is 1. The minimum Gasteiger partial charge on any atom is -0.478 e. The van der Waals surface area contributed by atoms with Gasteiger partial charge in [0.05, 0.1) is 0 Å². The Bertz CT molecular complexity index is 318. The van der Waals surface area contributed by atoms with E-state index in [9.17, 15) is 9.59 Å². The molecule has 0 atom stereocenters. The summed E-state index contributed by atoms with van der Waals surface area (Å²) in [5.74, 6) is -0.983. The lowest BCUT2D eigenvalue weighted by atomic mass is 10.1. The van der Waals surface area contributed by atoms with Gasteiger partial charge in [-0.2, -0.15) is 0 Å². The summed E-state index contributed by atoms with van der Waals surface area (Å²) in [4.78, 5) is 22.9. The summed E-state index contributed by atoms with van der Waals surface area (Å²) in [5, 5.41) is 8.63. The third-order valence-corrected chi connectivity index (χ3v) is 2.37. The number of carboxylic acid groups (broad SMARTS) is 1. The maximum Gasteiger partial charge on any atom is 0.328 e. The van der Waals surface area contributed by atoms with Crippen LogP contribution in [0.4, 0.5) is 0 Å². The highest BCUT2D eigenvalue weighted by Gasteiger charge is 2.13. The Morgan fingerprint density at radius 1 is 1.53 bits per heavy atom. The standard InChI is InChI=1S/C11H15NO3/c1-9(7-11(14)15)10-5-3-2-4-6-12(10)8-13/h5,7-8H,2-4,6H2,1H3,(H,14,15)/b9-7+. The molecular formula is C11H15NO3. The molecule has 4 nitrogen and oxygen atoms in total. The molecule has 0 aromatic rings. The molecule has 0 aromatic heterocycles. The summed E-state index contributed by atoms with van der Waals surface area (Å²) in [6.45, 7) is 2.38. The van der Waals surface area contributed by atoms with E-state index < -0.39 is 5.97 Å². The van der Waals surface area contributed by atoms with E-state index in [1.165, 1.54) is 0 Å². The van der Waals surface area contributed by atoms with Gasteiger partial charge in [0.15, 0.2) is 0 Å². The van der Waals surface area contributed by atoms with Crippen LogP contribution < -0.4 is 0 Å². The average molecular weight is 209 g/mol. The number of aliphatic carboxylic acids is 1. The Morgan fingerprint density at radius 3 is 2.87 bits per heavy atom. The van der Waals surface area contributed by atoms with Gasteiger partial charge in [0.1, 0.15) is 0 Å². The van der Waals surface area contributed by atoms with Gasteiger partial charge >= 0.3 is 5.97 Å². The highest BCUT2D eigenvalue weighted by Crippen LogP contribution is 2.19. The first kappa shape index (κ1) is 11.5. The Labute approximate surface area is 88.9 Å². The fourth-order valence-corrected chi connectivity index (χ4v) is 1.66. The lowest BCUT2D eigenvalue weighted by Crippen LogP contribution is -2.22. The zero-order chi connectivity index (χ0) is 11.3. The zero-order valence-corrected chi connectivity index (χ0v) is 8.77. The van der Waals surface area contributed by atoms with Crippen molar-refractivity contribution in [2.45, 2.75) is 26.2 Å². The summed E-state index contributed by atoms with van der Waals surface area (Å²) < 4.78 is 0. The molecule has 1 aliphatic rings. The van der Waals surface area contributed by atoms with E-state index in [2.05, 4.69) is 0 Å². The van der Waals surface area contributed by atoms with Gasteiger partial charge in [-0.15, -0.1) is 0 Å². The quantitative estimate of drug-likeness (QED) is 0.566. The van der Waals surface area contributed by atoms with Crippen molar-refractivity contribution in [1.29, 1.82) is 0 Å². The Morgan fingerprint density at radius 2 is 2.27 bits per heavy atom. The molecular weight excluding hydrogens is 194 g/mol. The minimum absolute atomic E-state index is 0.622. The van der Waals surface area contributed by atoms with Crippen LogP contribution in [0.25, 0.3) is 0 Å². The summed E-state index contributed by atoms with van der Waals surface area (Å²) >= 11 is 0. The molecule has 0 aromatic carbocycles. The topological polar surface area (TPSA) is 57.6 Å². The first-order valence-corrected chi connectivity index (χ1v) is 4.99. The monoisotopic (exact) mass is 209 g/mol. The summed E-state index contributed by atoms with van der Waals surface area (Å²) in [6, 6.07) is 0. The largest absolute Gasteiger partial charge is 0.478 e. The van der Waals surface area contributed by atoms with E-state index in [-0.39, 0.29) is 0 Å². The van der Waals surface area contributed by atoms with Crippen molar-refractivity contribution >= 4 is 12.4 Å². The number of carbonyl (C=O) groups excluding carboxylic acids is 1. The summed E-state index contributed by atoms with van der Waals surface area (Å²) in [5.41, 5.74) is 1.35. The van der Waals surface area contributed by atoms with Crippen LogP contribution >= 0.6 is 0 Å². The predicted octanol–water partition coefficient (Wildman–Crippen LogP) is 1.54. The SMILES string of the molecule is C/C(=C\C(=O)O)C1=CCCCCN1C=O. The maximum atomic E-state index is 10.8. The Kier molecular flexibility index (Phi) is 4.09. The average Bonchev–Trinajstić information content (AvgIpc) is 2.40. The highest BCUT2D eigenvalue weighted by atomic mass is 16.4. The van der Waals surface area contributed by atoms with Crippen molar-refractivity contribution in [2.24, 2.45) is 0 Å². The van der Waals surface area contributed by atoms with Gasteiger partial charge in [0, 0.05) is 18.3 Å². The van der Waals surface area contributed by atoms with E-state index in [1.54, 1.807) is 11.8 Å². The van der Waals surface area contributed by atoms with Gasteiger partial charge in [-0.1, -0.05) is 6.08 Å². The van der Waals surface area contributed by atoms with Crippen LogP contribution in [0.2, 0.25) is 0 Å². The normalized spacial score (nSPS) is 18.1. The number of rotatable bonds is 3. The van der Waals surface area contributed by atoms with Crippen molar-refractivity contribution in [3.8, 4) is 0 Å². The molecule has 0 aliphatic carbocycles. The Balaban J connectivity index is 2.92. The van der Waals surface area contributed by atoms with E-state index in [0.717, 1.165) is 37.4 Å². The molecule has 0 bridgehead atoms. The minimum atomic E-state index is -0.983. The van der Waals surface area contributed by atoms with Crippen LogP contribution in [0.3, 0.4) is 0 Å². The van der Waals surface area contributed by atoms with Crippen LogP contribution in [-0.2, 0) is 9.59 Å². The third kappa shape index (κ3) is 3.23. The number of allylic oxidation sites excluding steroid dienone is 2. The fourth-order valence-electron chi connectivity index (χ4n) is 1.66. The summed E-state index contributed by atoms with van der Waals surface area (Å²) in [7, 11) is 0. The van der Waals surface area contributed by atoms with Crippen molar-refractivity contribution in [1.82, 2.24) is 4.90 Å². The van der Waals surface area contributed by atoms with Crippen molar-refractivity contribution in [3.05, 3.63) is 23.4 Å². The molecule has 82 valence electrons. The molecule has 0 unspecified atom stereocenters. The van der Waals surface area contributed by atoms with Gasteiger partial charge in [0.25, 0.3) is 0 Å². The molecule has 15 heavy (non-hydrogen) atoms. The van der Waals surface area contributed by atoms with Crippen LogP contribution in [0.15, 0.2) is 23.4 Å². The molecule has 0 fully saturated rings. The molecule has 0 radical (unpaired) electrons.